The summed E-state index contributed by atoms with van der Waals surface area (Å²) in [6.07, 6.45) is 4.84. The van der Waals surface area contributed by atoms with Crippen molar-refractivity contribution in [2.75, 3.05) is 19.6 Å². The van der Waals surface area contributed by atoms with Crippen molar-refractivity contribution in [1.29, 1.82) is 0 Å². The SMILES string of the molecule is CCCCCNC(=O)[C@@H](C)CC[C@H](C)C(=O)NCC[NH3+]. The highest BCUT2D eigenvalue weighted by Gasteiger charge is 2.17. The predicted octanol–water partition coefficient (Wildman–Crippen LogP) is 0.703. The van der Waals surface area contributed by atoms with Crippen molar-refractivity contribution in [1.82, 2.24) is 10.6 Å². The van der Waals surface area contributed by atoms with E-state index in [0.717, 1.165) is 38.6 Å². The van der Waals surface area contributed by atoms with Crippen LogP contribution >= 0.6 is 0 Å². The third-order valence-corrected chi connectivity index (χ3v) is 3.48. The van der Waals surface area contributed by atoms with Gasteiger partial charge in [-0.3, -0.25) is 9.59 Å². The summed E-state index contributed by atoms with van der Waals surface area (Å²) in [5.41, 5.74) is 3.69. The fourth-order valence-corrected chi connectivity index (χ4v) is 1.91. The van der Waals surface area contributed by atoms with E-state index in [4.69, 9.17) is 0 Å². The first-order chi connectivity index (χ1) is 9.52. The molecule has 0 spiro atoms. The molecule has 118 valence electrons. The summed E-state index contributed by atoms with van der Waals surface area (Å²) < 4.78 is 0. The number of hydrogen-bond acceptors (Lipinski definition) is 2. The van der Waals surface area contributed by atoms with Crippen LogP contribution in [0.3, 0.4) is 0 Å². The van der Waals surface area contributed by atoms with Crippen molar-refractivity contribution in [3.8, 4) is 0 Å². The molecule has 0 rings (SSSR count). The van der Waals surface area contributed by atoms with Crippen LogP contribution in [0, 0.1) is 11.8 Å². The zero-order valence-electron chi connectivity index (χ0n) is 13.3. The molecule has 0 aliphatic heterocycles. The van der Waals surface area contributed by atoms with Crippen molar-refractivity contribution < 1.29 is 15.3 Å². The Labute approximate surface area is 123 Å². The number of amides is 2. The van der Waals surface area contributed by atoms with Crippen LogP contribution in [0.5, 0.6) is 0 Å². The van der Waals surface area contributed by atoms with Gasteiger partial charge < -0.3 is 16.4 Å². The monoisotopic (exact) mass is 286 g/mol. The van der Waals surface area contributed by atoms with Gasteiger partial charge in [0.25, 0.3) is 0 Å². The summed E-state index contributed by atoms with van der Waals surface area (Å²) in [6.45, 7) is 8.06. The second kappa shape index (κ2) is 11.7. The lowest BCUT2D eigenvalue weighted by atomic mass is 9.97. The summed E-state index contributed by atoms with van der Waals surface area (Å²) in [5.74, 6) is 0.0901. The molecule has 0 fully saturated rings. The van der Waals surface area contributed by atoms with Crippen LogP contribution in [0.25, 0.3) is 0 Å². The first kappa shape index (κ1) is 18.9. The Balaban J connectivity index is 3.81. The van der Waals surface area contributed by atoms with Crippen LogP contribution in [0.2, 0.25) is 0 Å². The van der Waals surface area contributed by atoms with Crippen LogP contribution in [0.4, 0.5) is 0 Å². The van der Waals surface area contributed by atoms with E-state index >= 15 is 0 Å². The van der Waals surface area contributed by atoms with Gasteiger partial charge in [0, 0.05) is 18.4 Å². The van der Waals surface area contributed by atoms with Crippen molar-refractivity contribution >= 4 is 11.8 Å². The van der Waals surface area contributed by atoms with E-state index < -0.39 is 0 Å². The van der Waals surface area contributed by atoms with Gasteiger partial charge in [-0.15, -0.1) is 0 Å². The van der Waals surface area contributed by atoms with Gasteiger partial charge in [0.05, 0.1) is 13.1 Å². The Kier molecular flexibility index (Phi) is 11.1. The van der Waals surface area contributed by atoms with Gasteiger partial charge in [-0.05, 0) is 19.3 Å². The Morgan fingerprint density at radius 2 is 1.45 bits per heavy atom. The van der Waals surface area contributed by atoms with Gasteiger partial charge >= 0.3 is 0 Å². The molecule has 5 N–H and O–H groups in total. The van der Waals surface area contributed by atoms with Crippen LogP contribution in [0.15, 0.2) is 0 Å². The smallest absolute Gasteiger partial charge is 0.223 e. The van der Waals surface area contributed by atoms with E-state index in [1.807, 2.05) is 13.8 Å². The van der Waals surface area contributed by atoms with Gasteiger partial charge in [-0.2, -0.15) is 0 Å². The minimum atomic E-state index is -0.0445. The second-order valence-electron chi connectivity index (χ2n) is 5.52. The number of hydrogen-bond donors (Lipinski definition) is 3. The molecule has 5 heteroatoms. The first-order valence-corrected chi connectivity index (χ1v) is 7.87. The third-order valence-electron chi connectivity index (χ3n) is 3.48. The molecule has 0 saturated carbocycles. The fourth-order valence-electron chi connectivity index (χ4n) is 1.91. The van der Waals surface area contributed by atoms with Gasteiger partial charge in [-0.1, -0.05) is 33.6 Å². The molecule has 0 bridgehead atoms. The van der Waals surface area contributed by atoms with Gasteiger partial charge in [0.1, 0.15) is 0 Å². The molecule has 0 heterocycles. The first-order valence-electron chi connectivity index (χ1n) is 7.87. The standard InChI is InChI=1S/C15H31N3O2/c1-4-5-6-10-17-14(19)12(2)7-8-13(3)15(20)18-11-9-16/h12-13H,4-11,16H2,1-3H3,(H,17,19)(H,18,20)/p+1/t12-,13-/m0/s1. The van der Waals surface area contributed by atoms with Crippen molar-refractivity contribution in [2.45, 2.75) is 52.9 Å². The highest BCUT2D eigenvalue weighted by molar-refractivity contribution is 5.79. The number of rotatable bonds is 11. The highest BCUT2D eigenvalue weighted by atomic mass is 16.2. The molecule has 0 radical (unpaired) electrons. The molecule has 0 aromatic carbocycles. The lowest BCUT2D eigenvalue weighted by Crippen LogP contribution is -2.55. The van der Waals surface area contributed by atoms with E-state index in [1.165, 1.54) is 0 Å². The van der Waals surface area contributed by atoms with E-state index in [9.17, 15) is 9.59 Å². The normalized spacial score (nSPS) is 13.6. The molecule has 2 amide bonds. The molecule has 0 aromatic rings. The van der Waals surface area contributed by atoms with Crippen molar-refractivity contribution in [3.63, 3.8) is 0 Å². The third kappa shape index (κ3) is 8.91. The average molecular weight is 286 g/mol. The molecule has 0 saturated heterocycles. The Morgan fingerprint density at radius 1 is 0.950 bits per heavy atom. The maximum atomic E-state index is 11.8. The van der Waals surface area contributed by atoms with Crippen LogP contribution in [-0.4, -0.2) is 31.4 Å². The molecular formula is C15H32N3O2+. The number of unbranched alkanes of at least 4 members (excludes halogenated alkanes) is 2. The van der Waals surface area contributed by atoms with Crippen LogP contribution in [-0.2, 0) is 9.59 Å². The van der Waals surface area contributed by atoms with Crippen molar-refractivity contribution in [2.24, 2.45) is 11.8 Å². The molecule has 5 nitrogen and oxygen atoms in total. The Bertz CT molecular complexity index is 282. The van der Waals surface area contributed by atoms with Crippen LogP contribution < -0.4 is 16.4 Å². The number of quaternary nitrogens is 1. The number of carbonyl (C=O) groups excluding carboxylic acids is 2. The molecule has 20 heavy (non-hydrogen) atoms. The molecular weight excluding hydrogens is 254 g/mol. The van der Waals surface area contributed by atoms with E-state index in [-0.39, 0.29) is 23.7 Å². The molecule has 0 aliphatic rings. The zero-order chi connectivity index (χ0) is 15.4. The lowest BCUT2D eigenvalue weighted by Gasteiger charge is -2.15. The Hall–Kier alpha value is -1.10. The maximum Gasteiger partial charge on any atom is 0.223 e. The maximum absolute atomic E-state index is 11.8. The van der Waals surface area contributed by atoms with E-state index in [1.54, 1.807) is 0 Å². The van der Waals surface area contributed by atoms with Gasteiger partial charge in [0.2, 0.25) is 11.8 Å². The molecule has 0 unspecified atom stereocenters. The average Bonchev–Trinajstić information content (AvgIpc) is 2.45. The lowest BCUT2D eigenvalue weighted by molar-refractivity contribution is -0.364. The Morgan fingerprint density at radius 3 is 1.90 bits per heavy atom. The number of nitrogens with one attached hydrogen (secondary N) is 2. The minimum Gasteiger partial charge on any atom is -0.356 e. The summed E-state index contributed by atoms with van der Waals surface area (Å²) in [5, 5.41) is 5.79. The molecule has 2 atom stereocenters. The van der Waals surface area contributed by atoms with Crippen LogP contribution in [0.1, 0.15) is 52.9 Å². The summed E-state index contributed by atoms with van der Waals surface area (Å²) >= 11 is 0. The molecule has 0 aromatic heterocycles. The van der Waals surface area contributed by atoms with Gasteiger partial charge in [-0.25, -0.2) is 0 Å². The summed E-state index contributed by atoms with van der Waals surface area (Å²) in [7, 11) is 0. The number of carbonyl (C=O) groups is 2. The summed E-state index contributed by atoms with van der Waals surface area (Å²) in [4.78, 5) is 23.5. The fraction of sp³-hybridized carbons (Fsp3) is 0.867. The highest BCUT2D eigenvalue weighted by Crippen LogP contribution is 2.12. The summed E-state index contributed by atoms with van der Waals surface area (Å²) in [6, 6.07) is 0. The quantitative estimate of drug-likeness (QED) is 0.488. The largest absolute Gasteiger partial charge is 0.356 e. The van der Waals surface area contributed by atoms with Gasteiger partial charge in [0.15, 0.2) is 0 Å². The second-order valence-corrected chi connectivity index (χ2v) is 5.52. The molecule has 0 aliphatic carbocycles. The minimum absolute atomic E-state index is 0.0280. The van der Waals surface area contributed by atoms with E-state index in [2.05, 4.69) is 23.3 Å². The predicted molar refractivity (Wildman–Crippen MR) is 80.9 cm³/mol. The zero-order valence-corrected chi connectivity index (χ0v) is 13.3. The topological polar surface area (TPSA) is 85.8 Å². The van der Waals surface area contributed by atoms with E-state index in [0.29, 0.717) is 13.1 Å². The van der Waals surface area contributed by atoms with Crippen molar-refractivity contribution in [3.05, 3.63) is 0 Å².